The first-order chi connectivity index (χ1) is 14.2. The largest absolute Gasteiger partial charge is 0.493 e. The van der Waals surface area contributed by atoms with Crippen LogP contribution in [0.4, 0.5) is 0 Å². The van der Waals surface area contributed by atoms with E-state index in [2.05, 4.69) is 17.4 Å². The Hall–Kier alpha value is -2.98. The fraction of sp³-hybridized carbons (Fsp3) is 0.208. The fourth-order valence-corrected chi connectivity index (χ4v) is 3.01. The molecule has 0 fully saturated rings. The number of benzene rings is 3. The number of ether oxygens (including phenoxy) is 2. The molecule has 3 aromatic rings. The van der Waals surface area contributed by atoms with Crippen LogP contribution in [-0.2, 0) is 13.0 Å². The zero-order valence-electron chi connectivity index (χ0n) is 16.4. The van der Waals surface area contributed by atoms with Crippen LogP contribution in [0.3, 0.4) is 0 Å². The highest BCUT2D eigenvalue weighted by Crippen LogP contribution is 2.23. The van der Waals surface area contributed by atoms with E-state index in [1.54, 1.807) is 18.2 Å². The first-order valence-electron chi connectivity index (χ1n) is 9.62. The maximum Gasteiger partial charge on any atom is 0.251 e. The third-order valence-electron chi connectivity index (χ3n) is 4.37. The fourth-order valence-electron chi connectivity index (χ4n) is 2.89. The molecule has 0 bridgehead atoms. The molecule has 0 aliphatic rings. The van der Waals surface area contributed by atoms with Crippen molar-refractivity contribution in [2.24, 2.45) is 0 Å². The lowest BCUT2D eigenvalue weighted by molar-refractivity contribution is 0.0954. The van der Waals surface area contributed by atoms with E-state index in [0.717, 1.165) is 12.0 Å². The molecule has 0 unspecified atom stereocenters. The van der Waals surface area contributed by atoms with E-state index in [4.69, 9.17) is 21.1 Å². The molecular weight excluding hydrogens is 386 g/mol. The highest BCUT2D eigenvalue weighted by atomic mass is 35.5. The van der Waals surface area contributed by atoms with Crippen molar-refractivity contribution in [3.63, 3.8) is 0 Å². The van der Waals surface area contributed by atoms with Gasteiger partial charge in [-0.1, -0.05) is 41.9 Å². The second kappa shape index (κ2) is 10.5. The van der Waals surface area contributed by atoms with Crippen LogP contribution in [-0.4, -0.2) is 19.1 Å². The van der Waals surface area contributed by atoms with Crippen LogP contribution in [0.1, 0.15) is 28.4 Å². The summed E-state index contributed by atoms with van der Waals surface area (Å²) < 4.78 is 11.5. The Morgan fingerprint density at radius 3 is 2.45 bits per heavy atom. The first-order valence-corrected chi connectivity index (χ1v) is 9.99. The predicted octanol–water partition coefficient (Wildman–Crippen LogP) is 5.29. The molecule has 0 atom stereocenters. The molecule has 5 heteroatoms. The van der Waals surface area contributed by atoms with Crippen LogP contribution in [0.25, 0.3) is 0 Å². The third kappa shape index (κ3) is 6.26. The molecule has 0 radical (unpaired) electrons. The monoisotopic (exact) mass is 409 g/mol. The predicted molar refractivity (Wildman–Crippen MR) is 116 cm³/mol. The van der Waals surface area contributed by atoms with Gasteiger partial charge >= 0.3 is 0 Å². The van der Waals surface area contributed by atoms with Gasteiger partial charge in [-0.15, -0.1) is 0 Å². The molecule has 1 amide bonds. The molecule has 0 aromatic heterocycles. The van der Waals surface area contributed by atoms with Gasteiger partial charge in [-0.25, -0.2) is 0 Å². The van der Waals surface area contributed by atoms with Gasteiger partial charge < -0.3 is 14.8 Å². The molecule has 0 aliphatic heterocycles. The van der Waals surface area contributed by atoms with Crippen LogP contribution in [0.2, 0.25) is 5.02 Å². The lowest BCUT2D eigenvalue weighted by Gasteiger charge is -2.13. The van der Waals surface area contributed by atoms with Crippen molar-refractivity contribution in [3.05, 3.63) is 94.5 Å². The van der Waals surface area contributed by atoms with E-state index < -0.39 is 0 Å². The Balaban J connectivity index is 1.64. The summed E-state index contributed by atoms with van der Waals surface area (Å²) in [5.41, 5.74) is 2.59. The van der Waals surface area contributed by atoms with Gasteiger partial charge in [0.05, 0.1) is 6.61 Å². The number of rotatable bonds is 9. The number of nitrogens with one attached hydrogen (secondary N) is 1. The molecule has 0 heterocycles. The number of halogens is 1. The molecule has 3 aromatic carbocycles. The molecule has 0 saturated carbocycles. The molecule has 0 spiro atoms. The third-order valence-corrected chi connectivity index (χ3v) is 4.62. The molecule has 0 aliphatic carbocycles. The quantitative estimate of drug-likeness (QED) is 0.522. The van der Waals surface area contributed by atoms with E-state index in [0.29, 0.717) is 41.8 Å². The smallest absolute Gasteiger partial charge is 0.251 e. The number of hydrogen-bond acceptors (Lipinski definition) is 3. The summed E-state index contributed by atoms with van der Waals surface area (Å²) in [6, 6.07) is 22.6. The second-order valence-corrected chi connectivity index (χ2v) is 6.93. The second-order valence-electron chi connectivity index (χ2n) is 6.49. The van der Waals surface area contributed by atoms with E-state index >= 15 is 0 Å². The molecule has 150 valence electrons. The maximum absolute atomic E-state index is 12.6. The van der Waals surface area contributed by atoms with Crippen molar-refractivity contribution in [1.82, 2.24) is 5.32 Å². The van der Waals surface area contributed by atoms with Crippen LogP contribution < -0.4 is 14.8 Å². The minimum atomic E-state index is -0.114. The Morgan fingerprint density at radius 2 is 1.72 bits per heavy atom. The van der Waals surface area contributed by atoms with Gasteiger partial charge in [0.25, 0.3) is 5.91 Å². The Morgan fingerprint density at radius 1 is 0.966 bits per heavy atom. The van der Waals surface area contributed by atoms with Crippen LogP contribution in [0.5, 0.6) is 11.5 Å². The molecule has 29 heavy (non-hydrogen) atoms. The summed E-state index contributed by atoms with van der Waals surface area (Å²) in [5.74, 6) is 1.30. The van der Waals surface area contributed by atoms with Gasteiger partial charge in [-0.3, -0.25) is 4.79 Å². The molecule has 4 nitrogen and oxygen atoms in total. The summed E-state index contributed by atoms with van der Waals surface area (Å²) in [5, 5.41) is 3.63. The highest BCUT2D eigenvalue weighted by molar-refractivity contribution is 6.30. The summed E-state index contributed by atoms with van der Waals surface area (Å²) in [6.07, 6.45) is 0.788. The molecular formula is C24H24ClNO3. The Kier molecular flexibility index (Phi) is 7.54. The zero-order chi connectivity index (χ0) is 20.5. The highest BCUT2D eigenvalue weighted by Gasteiger charge is 2.11. The van der Waals surface area contributed by atoms with Crippen molar-refractivity contribution in [3.8, 4) is 11.5 Å². The van der Waals surface area contributed by atoms with Crippen LogP contribution in [0.15, 0.2) is 72.8 Å². The zero-order valence-corrected chi connectivity index (χ0v) is 17.1. The summed E-state index contributed by atoms with van der Waals surface area (Å²) >= 11 is 5.91. The molecule has 0 saturated heterocycles. The van der Waals surface area contributed by atoms with Crippen molar-refractivity contribution < 1.29 is 14.3 Å². The minimum absolute atomic E-state index is 0.114. The van der Waals surface area contributed by atoms with Gasteiger partial charge in [0, 0.05) is 22.7 Å². The van der Waals surface area contributed by atoms with Crippen molar-refractivity contribution in [2.75, 3.05) is 13.2 Å². The number of carbonyl (C=O) groups is 1. The average molecular weight is 410 g/mol. The molecule has 1 N–H and O–H groups in total. The number of amides is 1. The molecule has 3 rings (SSSR count). The SMILES string of the molecule is CCOc1ccc(C(=O)NCCc2ccccc2)cc1COc1ccc(Cl)cc1. The Bertz CT molecular complexity index is 927. The van der Waals surface area contributed by atoms with E-state index in [1.807, 2.05) is 49.4 Å². The standard InChI is InChI=1S/C24H24ClNO3/c1-2-28-23-13-8-19(24(27)26-15-14-18-6-4-3-5-7-18)16-20(23)17-29-22-11-9-21(25)10-12-22/h3-13,16H,2,14-15,17H2,1H3,(H,26,27). The summed E-state index contributed by atoms with van der Waals surface area (Å²) in [4.78, 5) is 12.6. The maximum atomic E-state index is 12.6. The van der Waals surface area contributed by atoms with Gasteiger partial charge in [0.2, 0.25) is 0 Å². The van der Waals surface area contributed by atoms with Crippen molar-refractivity contribution in [1.29, 1.82) is 0 Å². The normalized spacial score (nSPS) is 10.4. The van der Waals surface area contributed by atoms with Gasteiger partial charge in [0.1, 0.15) is 18.1 Å². The van der Waals surface area contributed by atoms with Crippen LogP contribution in [0, 0.1) is 0 Å². The van der Waals surface area contributed by atoms with Gasteiger partial charge in [0.15, 0.2) is 0 Å². The lowest BCUT2D eigenvalue weighted by Crippen LogP contribution is -2.25. The number of carbonyl (C=O) groups excluding carboxylic acids is 1. The van der Waals surface area contributed by atoms with E-state index in [9.17, 15) is 4.79 Å². The van der Waals surface area contributed by atoms with Crippen molar-refractivity contribution >= 4 is 17.5 Å². The minimum Gasteiger partial charge on any atom is -0.493 e. The summed E-state index contributed by atoms with van der Waals surface area (Å²) in [7, 11) is 0. The lowest BCUT2D eigenvalue weighted by atomic mass is 10.1. The van der Waals surface area contributed by atoms with Crippen LogP contribution >= 0.6 is 11.6 Å². The van der Waals surface area contributed by atoms with E-state index in [1.165, 1.54) is 5.56 Å². The summed E-state index contributed by atoms with van der Waals surface area (Å²) in [6.45, 7) is 3.33. The van der Waals surface area contributed by atoms with Crippen molar-refractivity contribution in [2.45, 2.75) is 20.0 Å². The van der Waals surface area contributed by atoms with Gasteiger partial charge in [-0.05, 0) is 61.4 Å². The Labute approximate surface area is 176 Å². The van der Waals surface area contributed by atoms with Gasteiger partial charge in [-0.2, -0.15) is 0 Å². The first kappa shape index (κ1) is 20.7. The average Bonchev–Trinajstić information content (AvgIpc) is 2.75. The van der Waals surface area contributed by atoms with E-state index in [-0.39, 0.29) is 5.91 Å². The number of hydrogen-bond donors (Lipinski definition) is 1. The topological polar surface area (TPSA) is 47.6 Å².